The average molecular weight is 222 g/mol. The van der Waals surface area contributed by atoms with Gasteiger partial charge in [0.1, 0.15) is 10.1 Å². The molecule has 0 aromatic heterocycles. The van der Waals surface area contributed by atoms with Crippen molar-refractivity contribution in [3.63, 3.8) is 0 Å². The Kier molecular flexibility index (Phi) is 9.87. The van der Waals surface area contributed by atoms with Crippen LogP contribution in [0.2, 0.25) is 0 Å². The van der Waals surface area contributed by atoms with Crippen LogP contribution in [0.15, 0.2) is 0 Å². The first-order valence-corrected chi connectivity index (χ1v) is 5.50. The van der Waals surface area contributed by atoms with E-state index < -0.39 is 14.7 Å². The molecule has 5 nitrogen and oxygen atoms in total. The molecule has 0 amide bonds. The molecule has 0 saturated heterocycles. The molecular formula is C4H11N2NaO3S2. The Hall–Kier alpha value is 1.18. The molecule has 8 heteroatoms. The molecule has 1 atom stereocenters. The van der Waals surface area contributed by atoms with Crippen LogP contribution in [0, 0.1) is 0 Å². The van der Waals surface area contributed by atoms with Crippen molar-refractivity contribution in [2.45, 2.75) is 11.0 Å². The molecule has 0 aliphatic carbocycles. The molecule has 0 bridgehead atoms. The van der Waals surface area contributed by atoms with Crippen LogP contribution in [0.3, 0.4) is 0 Å². The SMILES string of the molecule is NCCC(SCN)S(=O)(=O)[O-].[Na+]. The predicted molar refractivity (Wildman–Crippen MR) is 43.8 cm³/mol. The van der Waals surface area contributed by atoms with Gasteiger partial charge in [-0.3, -0.25) is 0 Å². The first kappa shape index (κ1) is 15.6. The molecule has 1 unspecified atom stereocenters. The zero-order valence-corrected chi connectivity index (χ0v) is 10.5. The van der Waals surface area contributed by atoms with Gasteiger partial charge in [-0.2, -0.15) is 0 Å². The van der Waals surface area contributed by atoms with E-state index in [1.807, 2.05) is 0 Å². The summed E-state index contributed by atoms with van der Waals surface area (Å²) < 4.78 is 30.3. The number of nitrogens with two attached hydrogens (primary N) is 2. The molecule has 0 aromatic carbocycles. The summed E-state index contributed by atoms with van der Waals surface area (Å²) >= 11 is 0.905. The average Bonchev–Trinajstić information content (AvgIpc) is 1.85. The van der Waals surface area contributed by atoms with Gasteiger partial charge in [-0.25, -0.2) is 8.42 Å². The molecule has 68 valence electrons. The Morgan fingerprint density at radius 1 is 1.42 bits per heavy atom. The second-order valence-corrected chi connectivity index (χ2v) is 4.92. The topological polar surface area (TPSA) is 109 Å². The number of thioether (sulfide) groups is 1. The fourth-order valence-corrected chi connectivity index (χ4v) is 2.40. The van der Waals surface area contributed by atoms with Gasteiger partial charge in [0.15, 0.2) is 0 Å². The molecule has 0 spiro atoms. The van der Waals surface area contributed by atoms with Crippen LogP contribution >= 0.6 is 11.8 Å². The summed E-state index contributed by atoms with van der Waals surface area (Å²) in [7, 11) is -4.24. The summed E-state index contributed by atoms with van der Waals surface area (Å²) in [5.41, 5.74) is 10.2. The summed E-state index contributed by atoms with van der Waals surface area (Å²) in [6, 6.07) is 0. The molecule has 0 fully saturated rings. The van der Waals surface area contributed by atoms with Crippen LogP contribution in [0.1, 0.15) is 6.42 Å². The smallest absolute Gasteiger partial charge is 0.747 e. The minimum Gasteiger partial charge on any atom is -0.747 e. The Morgan fingerprint density at radius 2 is 1.92 bits per heavy atom. The zero-order chi connectivity index (χ0) is 8.91. The molecule has 0 aromatic rings. The van der Waals surface area contributed by atoms with Crippen molar-refractivity contribution in [2.24, 2.45) is 11.5 Å². The minimum absolute atomic E-state index is 0. The van der Waals surface area contributed by atoms with Gasteiger partial charge in [-0.15, -0.1) is 11.8 Å². The number of rotatable bonds is 5. The monoisotopic (exact) mass is 222 g/mol. The minimum atomic E-state index is -4.24. The molecule has 4 N–H and O–H groups in total. The molecule has 0 radical (unpaired) electrons. The molecule has 0 heterocycles. The number of hydrogen-bond donors (Lipinski definition) is 2. The van der Waals surface area contributed by atoms with Crippen molar-refractivity contribution in [1.82, 2.24) is 0 Å². The second kappa shape index (κ2) is 7.57. The third-order valence-corrected chi connectivity index (χ3v) is 3.80. The molecule has 0 rings (SSSR count). The number of hydrogen-bond acceptors (Lipinski definition) is 6. The van der Waals surface area contributed by atoms with Gasteiger partial charge in [0.2, 0.25) is 0 Å². The van der Waals surface area contributed by atoms with E-state index in [0.29, 0.717) is 0 Å². The second-order valence-electron chi connectivity index (χ2n) is 1.83. The van der Waals surface area contributed by atoms with E-state index in [0.717, 1.165) is 11.8 Å². The summed E-state index contributed by atoms with van der Waals surface area (Å²) in [4.78, 5) is 0. The van der Waals surface area contributed by atoms with E-state index in [4.69, 9.17) is 11.5 Å². The first-order chi connectivity index (χ1) is 5.02. The summed E-state index contributed by atoms with van der Waals surface area (Å²) in [5, 5.41) is 0. The van der Waals surface area contributed by atoms with Gasteiger partial charge in [0, 0.05) is 5.88 Å². The van der Waals surface area contributed by atoms with E-state index in [9.17, 15) is 13.0 Å². The van der Waals surface area contributed by atoms with Crippen molar-refractivity contribution in [2.75, 3.05) is 12.4 Å². The van der Waals surface area contributed by atoms with Gasteiger partial charge in [0.25, 0.3) is 0 Å². The van der Waals surface area contributed by atoms with Crippen LogP contribution in [-0.4, -0.2) is 30.0 Å². The van der Waals surface area contributed by atoms with E-state index in [1.54, 1.807) is 0 Å². The van der Waals surface area contributed by atoms with Crippen molar-refractivity contribution in [3.8, 4) is 0 Å². The maximum atomic E-state index is 10.4. The molecule has 0 aliphatic heterocycles. The third-order valence-electron chi connectivity index (χ3n) is 1.01. The van der Waals surface area contributed by atoms with Crippen molar-refractivity contribution in [3.05, 3.63) is 0 Å². The van der Waals surface area contributed by atoms with Crippen LogP contribution in [0.4, 0.5) is 0 Å². The standard InChI is InChI=1S/C4H12N2O3S2.Na/c5-2-1-4(10-3-6)11(7,8)9;/h4H,1-3,5-6H2,(H,7,8,9);/q;+1/p-1. The van der Waals surface area contributed by atoms with Crippen LogP contribution < -0.4 is 41.0 Å². The van der Waals surface area contributed by atoms with Gasteiger partial charge in [0.05, 0.1) is 4.58 Å². The van der Waals surface area contributed by atoms with Gasteiger partial charge in [-0.1, -0.05) is 0 Å². The first-order valence-electron chi connectivity index (χ1n) is 2.98. The Labute approximate surface area is 98.7 Å². The Balaban J connectivity index is 0. The maximum Gasteiger partial charge on any atom is 1.00 e. The zero-order valence-electron chi connectivity index (χ0n) is 6.89. The van der Waals surface area contributed by atoms with Crippen molar-refractivity contribution >= 4 is 21.9 Å². The quantitative estimate of drug-likeness (QED) is 0.278. The van der Waals surface area contributed by atoms with E-state index >= 15 is 0 Å². The van der Waals surface area contributed by atoms with E-state index in [2.05, 4.69) is 0 Å². The third kappa shape index (κ3) is 6.67. The van der Waals surface area contributed by atoms with Crippen molar-refractivity contribution in [1.29, 1.82) is 0 Å². The maximum absolute atomic E-state index is 10.4. The Morgan fingerprint density at radius 3 is 2.17 bits per heavy atom. The fourth-order valence-electron chi connectivity index (χ4n) is 0.554. The van der Waals surface area contributed by atoms with Gasteiger partial charge in [-0.05, 0) is 13.0 Å². The van der Waals surface area contributed by atoms with E-state index in [-0.39, 0.29) is 48.4 Å². The van der Waals surface area contributed by atoms with Crippen LogP contribution in [-0.2, 0) is 10.1 Å². The van der Waals surface area contributed by atoms with Crippen LogP contribution in [0.25, 0.3) is 0 Å². The molecule has 0 saturated carbocycles. The van der Waals surface area contributed by atoms with Crippen LogP contribution in [0.5, 0.6) is 0 Å². The molecule has 0 aliphatic rings. The van der Waals surface area contributed by atoms with E-state index in [1.165, 1.54) is 0 Å². The van der Waals surface area contributed by atoms with Crippen molar-refractivity contribution < 1.29 is 42.5 Å². The largest absolute Gasteiger partial charge is 1.00 e. The molecular weight excluding hydrogens is 211 g/mol. The summed E-state index contributed by atoms with van der Waals surface area (Å²) in [6.45, 7) is 0.180. The Bertz CT molecular complexity index is 190. The van der Waals surface area contributed by atoms with Gasteiger partial charge < -0.3 is 16.0 Å². The summed E-state index contributed by atoms with van der Waals surface area (Å²) in [5.74, 6) is 0.117. The summed E-state index contributed by atoms with van der Waals surface area (Å²) in [6.07, 6.45) is 0.160. The molecule has 12 heavy (non-hydrogen) atoms. The normalized spacial score (nSPS) is 13.6. The fraction of sp³-hybridized carbons (Fsp3) is 1.00. The predicted octanol–water partition coefficient (Wildman–Crippen LogP) is -4.14. The van der Waals surface area contributed by atoms with Gasteiger partial charge >= 0.3 is 29.6 Å².